The summed E-state index contributed by atoms with van der Waals surface area (Å²) >= 11 is 1.52. The molecule has 6 heteroatoms. The van der Waals surface area contributed by atoms with Crippen LogP contribution in [0.1, 0.15) is 5.69 Å². The number of nitrogen functional groups attached to an aromatic ring is 1. The van der Waals surface area contributed by atoms with Crippen LogP contribution in [-0.4, -0.2) is 15.0 Å². The standard InChI is InChI=1S/C8H9N5S/c1-5-4-14-8(11-5)13-7-3-10-2-6(9)12-7/h2-4H,1H3,(H3,9,11,12,13). The van der Waals surface area contributed by atoms with Crippen LogP contribution in [0.15, 0.2) is 17.8 Å². The Morgan fingerprint density at radius 3 is 2.86 bits per heavy atom. The van der Waals surface area contributed by atoms with Crippen molar-refractivity contribution < 1.29 is 0 Å². The van der Waals surface area contributed by atoms with E-state index in [9.17, 15) is 0 Å². The first-order chi connectivity index (χ1) is 6.74. The Morgan fingerprint density at radius 2 is 2.21 bits per heavy atom. The predicted molar refractivity (Wildman–Crippen MR) is 56.6 cm³/mol. The van der Waals surface area contributed by atoms with Crippen LogP contribution in [-0.2, 0) is 0 Å². The van der Waals surface area contributed by atoms with Gasteiger partial charge in [0.25, 0.3) is 0 Å². The molecular weight excluding hydrogens is 198 g/mol. The summed E-state index contributed by atoms with van der Waals surface area (Å²) in [6, 6.07) is 0. The Kier molecular flexibility index (Phi) is 2.28. The monoisotopic (exact) mass is 207 g/mol. The van der Waals surface area contributed by atoms with Crippen LogP contribution in [0.25, 0.3) is 0 Å². The average Bonchev–Trinajstić information content (AvgIpc) is 2.51. The lowest BCUT2D eigenvalue weighted by Crippen LogP contribution is -1.97. The highest BCUT2D eigenvalue weighted by atomic mass is 32.1. The molecule has 3 N–H and O–H groups in total. The third-order valence-corrected chi connectivity index (χ3v) is 2.38. The second-order valence-corrected chi connectivity index (χ2v) is 3.61. The van der Waals surface area contributed by atoms with Crippen LogP contribution < -0.4 is 11.1 Å². The van der Waals surface area contributed by atoms with Gasteiger partial charge >= 0.3 is 0 Å². The lowest BCUT2D eigenvalue weighted by molar-refractivity contribution is 1.19. The fourth-order valence-electron chi connectivity index (χ4n) is 0.962. The molecule has 0 amide bonds. The van der Waals surface area contributed by atoms with E-state index in [-0.39, 0.29) is 0 Å². The molecule has 72 valence electrons. The Hall–Kier alpha value is -1.69. The van der Waals surface area contributed by atoms with E-state index in [1.165, 1.54) is 17.5 Å². The van der Waals surface area contributed by atoms with E-state index in [1.54, 1.807) is 6.20 Å². The van der Waals surface area contributed by atoms with Crippen molar-refractivity contribution in [2.45, 2.75) is 6.92 Å². The summed E-state index contributed by atoms with van der Waals surface area (Å²) < 4.78 is 0. The smallest absolute Gasteiger partial charge is 0.188 e. The molecule has 0 saturated carbocycles. The van der Waals surface area contributed by atoms with Crippen LogP contribution in [0.4, 0.5) is 16.8 Å². The molecule has 0 aliphatic rings. The lowest BCUT2D eigenvalue weighted by atomic mass is 10.6. The van der Waals surface area contributed by atoms with Crippen LogP contribution in [0.5, 0.6) is 0 Å². The van der Waals surface area contributed by atoms with Gasteiger partial charge in [-0.1, -0.05) is 0 Å². The quantitative estimate of drug-likeness (QED) is 0.781. The van der Waals surface area contributed by atoms with Crippen molar-refractivity contribution in [3.8, 4) is 0 Å². The van der Waals surface area contributed by atoms with Crippen molar-refractivity contribution in [1.82, 2.24) is 15.0 Å². The molecule has 0 atom stereocenters. The molecule has 0 aliphatic carbocycles. The predicted octanol–water partition coefficient (Wildman–Crippen LogP) is 1.57. The van der Waals surface area contributed by atoms with E-state index in [2.05, 4.69) is 20.3 Å². The number of nitrogens with zero attached hydrogens (tertiary/aromatic N) is 3. The zero-order valence-electron chi connectivity index (χ0n) is 7.56. The average molecular weight is 207 g/mol. The highest BCUT2D eigenvalue weighted by Crippen LogP contribution is 2.18. The maximum absolute atomic E-state index is 5.49. The second-order valence-electron chi connectivity index (χ2n) is 2.75. The van der Waals surface area contributed by atoms with E-state index in [0.29, 0.717) is 11.6 Å². The van der Waals surface area contributed by atoms with Gasteiger partial charge < -0.3 is 11.1 Å². The summed E-state index contributed by atoms with van der Waals surface area (Å²) in [5.41, 5.74) is 6.47. The summed E-state index contributed by atoms with van der Waals surface area (Å²) in [7, 11) is 0. The van der Waals surface area contributed by atoms with Crippen molar-refractivity contribution in [2.75, 3.05) is 11.1 Å². The zero-order valence-corrected chi connectivity index (χ0v) is 8.38. The molecule has 14 heavy (non-hydrogen) atoms. The van der Waals surface area contributed by atoms with E-state index in [1.807, 2.05) is 12.3 Å². The summed E-state index contributed by atoms with van der Waals surface area (Å²) in [6.45, 7) is 1.94. The van der Waals surface area contributed by atoms with Crippen LogP contribution in [0.3, 0.4) is 0 Å². The van der Waals surface area contributed by atoms with Gasteiger partial charge in [-0.2, -0.15) is 0 Å². The van der Waals surface area contributed by atoms with E-state index < -0.39 is 0 Å². The minimum atomic E-state index is 0.392. The van der Waals surface area contributed by atoms with Gasteiger partial charge in [0, 0.05) is 5.38 Å². The van der Waals surface area contributed by atoms with Gasteiger partial charge in [-0.05, 0) is 6.92 Å². The zero-order chi connectivity index (χ0) is 9.97. The Labute approximate surface area is 85.0 Å². The Morgan fingerprint density at radius 1 is 1.36 bits per heavy atom. The minimum Gasteiger partial charge on any atom is -0.382 e. The molecule has 2 aromatic heterocycles. The van der Waals surface area contributed by atoms with Crippen LogP contribution in [0, 0.1) is 6.92 Å². The molecule has 0 spiro atoms. The van der Waals surface area contributed by atoms with Crippen molar-refractivity contribution in [2.24, 2.45) is 0 Å². The molecule has 0 radical (unpaired) electrons. The molecule has 0 aromatic carbocycles. The van der Waals surface area contributed by atoms with E-state index >= 15 is 0 Å². The summed E-state index contributed by atoms with van der Waals surface area (Å²) in [4.78, 5) is 12.2. The summed E-state index contributed by atoms with van der Waals surface area (Å²) in [5.74, 6) is 1.00. The van der Waals surface area contributed by atoms with Crippen molar-refractivity contribution in [1.29, 1.82) is 0 Å². The Bertz CT molecular complexity index is 439. The number of nitrogens with two attached hydrogens (primary N) is 1. The molecule has 0 fully saturated rings. The number of thiazole rings is 1. The number of aryl methyl sites for hydroxylation is 1. The van der Waals surface area contributed by atoms with E-state index in [4.69, 9.17) is 5.73 Å². The molecule has 0 aliphatic heterocycles. The van der Waals surface area contributed by atoms with Crippen molar-refractivity contribution in [3.05, 3.63) is 23.5 Å². The summed E-state index contributed by atoms with van der Waals surface area (Å²) in [5, 5.41) is 5.77. The maximum atomic E-state index is 5.49. The fourth-order valence-corrected chi connectivity index (χ4v) is 1.66. The van der Waals surface area contributed by atoms with Crippen LogP contribution in [0.2, 0.25) is 0 Å². The Balaban J connectivity index is 2.18. The largest absolute Gasteiger partial charge is 0.382 e. The molecule has 2 rings (SSSR count). The number of anilines is 3. The molecule has 0 saturated heterocycles. The van der Waals surface area contributed by atoms with Crippen molar-refractivity contribution >= 4 is 28.1 Å². The number of hydrogen-bond acceptors (Lipinski definition) is 6. The van der Waals surface area contributed by atoms with Crippen LogP contribution >= 0.6 is 11.3 Å². The summed E-state index contributed by atoms with van der Waals surface area (Å²) in [6.07, 6.45) is 3.10. The molecule has 2 heterocycles. The number of nitrogens with one attached hydrogen (secondary N) is 1. The van der Waals surface area contributed by atoms with Gasteiger partial charge in [0.2, 0.25) is 0 Å². The first kappa shape index (κ1) is 8.89. The third-order valence-electron chi connectivity index (χ3n) is 1.51. The number of hydrogen-bond donors (Lipinski definition) is 2. The molecular formula is C8H9N5S. The van der Waals surface area contributed by atoms with Gasteiger partial charge in [0.15, 0.2) is 10.9 Å². The normalized spacial score (nSPS) is 10.1. The molecule has 0 bridgehead atoms. The maximum Gasteiger partial charge on any atom is 0.188 e. The van der Waals surface area contributed by atoms with Gasteiger partial charge in [-0.15, -0.1) is 11.3 Å². The van der Waals surface area contributed by atoms with Gasteiger partial charge in [-0.3, -0.25) is 4.98 Å². The van der Waals surface area contributed by atoms with Crippen molar-refractivity contribution in [3.63, 3.8) is 0 Å². The molecule has 0 unspecified atom stereocenters. The molecule has 2 aromatic rings. The highest BCUT2D eigenvalue weighted by molar-refractivity contribution is 7.13. The first-order valence-corrected chi connectivity index (χ1v) is 4.89. The van der Waals surface area contributed by atoms with Gasteiger partial charge in [-0.25, -0.2) is 9.97 Å². The topological polar surface area (TPSA) is 76.7 Å². The van der Waals surface area contributed by atoms with Gasteiger partial charge in [0.1, 0.15) is 5.82 Å². The number of aromatic nitrogens is 3. The lowest BCUT2D eigenvalue weighted by Gasteiger charge is -2.00. The molecule has 5 nitrogen and oxygen atoms in total. The third kappa shape index (κ3) is 1.97. The van der Waals surface area contributed by atoms with Gasteiger partial charge in [0.05, 0.1) is 18.1 Å². The number of rotatable bonds is 2. The first-order valence-electron chi connectivity index (χ1n) is 4.01. The minimum absolute atomic E-state index is 0.392. The fraction of sp³-hybridized carbons (Fsp3) is 0.125. The highest BCUT2D eigenvalue weighted by Gasteiger charge is 2.00. The SMILES string of the molecule is Cc1csc(Nc2cncc(N)n2)n1. The second kappa shape index (κ2) is 3.59. The van der Waals surface area contributed by atoms with E-state index in [0.717, 1.165) is 10.8 Å².